The van der Waals surface area contributed by atoms with Crippen molar-refractivity contribution in [1.29, 1.82) is 0 Å². The first kappa shape index (κ1) is 10.1. The summed E-state index contributed by atoms with van der Waals surface area (Å²) in [6, 6.07) is 2.11. The summed E-state index contributed by atoms with van der Waals surface area (Å²) in [7, 11) is 1.84. The molecule has 2 aromatic rings. The molecule has 0 fully saturated rings. The molecule has 2 rings (SSSR count). The summed E-state index contributed by atoms with van der Waals surface area (Å²) in [5, 5.41) is 14.2. The Hall–Kier alpha value is -0.400. The van der Waals surface area contributed by atoms with Crippen molar-refractivity contribution >= 4 is 39.0 Å². The minimum absolute atomic E-state index is 0.842. The highest BCUT2D eigenvalue weighted by Crippen LogP contribution is 2.26. The molecule has 0 aromatic carbocycles. The van der Waals surface area contributed by atoms with Crippen molar-refractivity contribution in [2.45, 2.75) is 10.9 Å². The number of tetrazole rings is 1. The lowest BCUT2D eigenvalue weighted by atomic mass is 10.5. The van der Waals surface area contributed by atoms with Gasteiger partial charge in [0.2, 0.25) is 5.16 Å². The first-order valence-electron chi connectivity index (χ1n) is 3.84. The number of hydrogen-bond acceptors (Lipinski definition) is 5. The van der Waals surface area contributed by atoms with E-state index in [0.29, 0.717) is 0 Å². The van der Waals surface area contributed by atoms with E-state index in [9.17, 15) is 0 Å². The molecule has 0 aliphatic carbocycles. The van der Waals surface area contributed by atoms with E-state index in [2.05, 4.69) is 42.9 Å². The fraction of sp³-hybridized carbons (Fsp3) is 0.286. The van der Waals surface area contributed by atoms with Crippen LogP contribution >= 0.6 is 39.0 Å². The van der Waals surface area contributed by atoms with Gasteiger partial charge in [0.05, 0.1) is 0 Å². The summed E-state index contributed by atoms with van der Waals surface area (Å²) in [4.78, 5) is 1.31. The third-order valence-corrected chi connectivity index (χ3v) is 4.49. The number of aryl methyl sites for hydroxylation is 1. The van der Waals surface area contributed by atoms with E-state index < -0.39 is 0 Å². The Bertz CT molecular complexity index is 425. The highest BCUT2D eigenvalue weighted by molar-refractivity contribution is 9.10. The molecule has 0 N–H and O–H groups in total. The molecule has 4 nitrogen and oxygen atoms in total. The number of thioether (sulfide) groups is 1. The smallest absolute Gasteiger partial charge is 0.209 e. The van der Waals surface area contributed by atoms with Gasteiger partial charge in [0.1, 0.15) is 0 Å². The summed E-state index contributed by atoms with van der Waals surface area (Å²) in [5.74, 6) is 0.907. The summed E-state index contributed by atoms with van der Waals surface area (Å²) >= 11 is 6.79. The largest absolute Gasteiger partial charge is 0.224 e. The van der Waals surface area contributed by atoms with Gasteiger partial charge in [-0.1, -0.05) is 11.8 Å². The van der Waals surface area contributed by atoms with Crippen LogP contribution in [-0.4, -0.2) is 20.2 Å². The Morgan fingerprint density at radius 2 is 2.50 bits per heavy atom. The average molecular weight is 291 g/mol. The van der Waals surface area contributed by atoms with Crippen LogP contribution in [0, 0.1) is 0 Å². The Kier molecular flexibility index (Phi) is 3.19. The predicted octanol–water partition coefficient (Wildman–Crippen LogP) is 2.33. The summed E-state index contributed by atoms with van der Waals surface area (Å²) in [5.41, 5.74) is 0. The van der Waals surface area contributed by atoms with Crippen LogP contribution in [0.4, 0.5) is 0 Å². The van der Waals surface area contributed by atoms with Gasteiger partial charge in [0.15, 0.2) is 0 Å². The van der Waals surface area contributed by atoms with Crippen molar-refractivity contribution in [3.63, 3.8) is 0 Å². The van der Waals surface area contributed by atoms with Crippen LogP contribution in [-0.2, 0) is 12.8 Å². The molecule has 0 unspecified atom stereocenters. The molecule has 0 saturated carbocycles. The quantitative estimate of drug-likeness (QED) is 0.814. The SMILES string of the molecule is Cn1nnnc1SCc1cc(Br)cs1. The van der Waals surface area contributed by atoms with Gasteiger partial charge in [0.25, 0.3) is 0 Å². The summed E-state index contributed by atoms with van der Waals surface area (Å²) < 4.78 is 2.81. The molecule has 0 saturated heterocycles. The second-order valence-electron chi connectivity index (χ2n) is 2.60. The van der Waals surface area contributed by atoms with Crippen molar-refractivity contribution in [3.05, 3.63) is 20.8 Å². The fourth-order valence-electron chi connectivity index (χ4n) is 0.909. The van der Waals surface area contributed by atoms with Crippen LogP contribution in [0.15, 0.2) is 21.1 Å². The molecule has 0 aliphatic rings. The van der Waals surface area contributed by atoms with E-state index in [4.69, 9.17) is 0 Å². The Morgan fingerprint density at radius 1 is 1.64 bits per heavy atom. The zero-order valence-corrected chi connectivity index (χ0v) is 10.6. The number of thiophene rings is 1. The number of hydrogen-bond donors (Lipinski definition) is 0. The fourth-order valence-corrected chi connectivity index (χ4v) is 3.27. The molecular formula is C7H7BrN4S2. The predicted molar refractivity (Wildman–Crippen MR) is 60.4 cm³/mol. The zero-order valence-electron chi connectivity index (χ0n) is 7.35. The number of halogens is 1. The van der Waals surface area contributed by atoms with Crippen LogP contribution in [0.2, 0.25) is 0 Å². The number of nitrogens with zero attached hydrogens (tertiary/aromatic N) is 4. The molecule has 74 valence electrons. The Labute approximate surface area is 97.8 Å². The van der Waals surface area contributed by atoms with E-state index in [0.717, 1.165) is 15.4 Å². The molecule has 2 aromatic heterocycles. The third kappa shape index (κ3) is 2.34. The van der Waals surface area contributed by atoms with Gasteiger partial charge in [-0.2, -0.15) is 0 Å². The van der Waals surface area contributed by atoms with Crippen LogP contribution in [0.5, 0.6) is 0 Å². The van der Waals surface area contributed by atoms with Crippen molar-refractivity contribution in [2.24, 2.45) is 7.05 Å². The van der Waals surface area contributed by atoms with Crippen LogP contribution in [0.25, 0.3) is 0 Å². The van der Waals surface area contributed by atoms with Crippen LogP contribution in [0.1, 0.15) is 4.88 Å². The second kappa shape index (κ2) is 4.41. The first-order valence-corrected chi connectivity index (χ1v) is 6.49. The maximum Gasteiger partial charge on any atom is 0.209 e. The molecule has 2 heterocycles. The van der Waals surface area contributed by atoms with Crippen LogP contribution in [0.3, 0.4) is 0 Å². The monoisotopic (exact) mass is 290 g/mol. The van der Waals surface area contributed by atoms with Gasteiger partial charge in [-0.3, -0.25) is 0 Å². The van der Waals surface area contributed by atoms with Crippen molar-refractivity contribution < 1.29 is 0 Å². The van der Waals surface area contributed by atoms with Crippen molar-refractivity contribution in [2.75, 3.05) is 0 Å². The van der Waals surface area contributed by atoms with E-state index in [-0.39, 0.29) is 0 Å². The lowest BCUT2D eigenvalue weighted by Gasteiger charge is -1.95. The zero-order chi connectivity index (χ0) is 9.97. The van der Waals surface area contributed by atoms with E-state index in [1.165, 1.54) is 4.88 Å². The van der Waals surface area contributed by atoms with Gasteiger partial charge < -0.3 is 0 Å². The highest BCUT2D eigenvalue weighted by atomic mass is 79.9. The number of rotatable bonds is 3. The molecule has 7 heteroatoms. The maximum absolute atomic E-state index is 3.90. The Balaban J connectivity index is 1.98. The highest BCUT2D eigenvalue weighted by Gasteiger charge is 2.04. The van der Waals surface area contributed by atoms with Gasteiger partial charge in [0, 0.05) is 27.5 Å². The third-order valence-electron chi connectivity index (χ3n) is 1.55. The maximum atomic E-state index is 3.90. The summed E-state index contributed by atoms with van der Waals surface area (Å²) in [6.07, 6.45) is 0. The minimum atomic E-state index is 0.842. The van der Waals surface area contributed by atoms with Crippen molar-refractivity contribution in [1.82, 2.24) is 20.2 Å². The van der Waals surface area contributed by atoms with Gasteiger partial charge in [-0.25, -0.2) is 4.68 Å². The molecule has 14 heavy (non-hydrogen) atoms. The van der Waals surface area contributed by atoms with Crippen molar-refractivity contribution in [3.8, 4) is 0 Å². The Morgan fingerprint density at radius 3 is 3.07 bits per heavy atom. The summed E-state index contributed by atoms with van der Waals surface area (Å²) in [6.45, 7) is 0. The van der Waals surface area contributed by atoms with E-state index >= 15 is 0 Å². The van der Waals surface area contributed by atoms with Crippen LogP contribution < -0.4 is 0 Å². The molecule has 0 bridgehead atoms. The molecule has 0 radical (unpaired) electrons. The molecule has 0 aliphatic heterocycles. The molecular weight excluding hydrogens is 284 g/mol. The van der Waals surface area contributed by atoms with Gasteiger partial charge in [-0.05, 0) is 32.4 Å². The standard InChI is InChI=1S/C7H7BrN4S2/c1-12-7(9-10-11-12)14-4-6-2-5(8)3-13-6/h2-3H,4H2,1H3. The van der Waals surface area contributed by atoms with Gasteiger partial charge in [-0.15, -0.1) is 16.4 Å². The lowest BCUT2D eigenvalue weighted by molar-refractivity contribution is 0.664. The lowest BCUT2D eigenvalue weighted by Crippen LogP contribution is -1.92. The second-order valence-corrected chi connectivity index (χ2v) is 5.46. The molecule has 0 spiro atoms. The minimum Gasteiger partial charge on any atom is -0.224 e. The average Bonchev–Trinajstić information content (AvgIpc) is 2.72. The molecule has 0 amide bonds. The normalized spacial score (nSPS) is 10.7. The topological polar surface area (TPSA) is 43.6 Å². The number of aromatic nitrogens is 4. The first-order chi connectivity index (χ1) is 6.75. The van der Waals surface area contributed by atoms with Gasteiger partial charge >= 0.3 is 0 Å². The molecule has 0 atom stereocenters. The van der Waals surface area contributed by atoms with E-state index in [1.807, 2.05) is 7.05 Å². The van der Waals surface area contributed by atoms with E-state index in [1.54, 1.807) is 27.8 Å².